The zero-order valence-electron chi connectivity index (χ0n) is 18.0. The van der Waals surface area contributed by atoms with Gasteiger partial charge in [-0.1, -0.05) is 59.9 Å². The third-order valence-electron chi connectivity index (χ3n) is 7.66. The normalized spacial score (nSPS) is 39.6. The van der Waals surface area contributed by atoms with Gasteiger partial charge in [-0.05, 0) is 72.2 Å². The summed E-state index contributed by atoms with van der Waals surface area (Å²) in [4.78, 5) is 2.47. The van der Waals surface area contributed by atoms with E-state index in [0.717, 1.165) is 0 Å². The van der Waals surface area contributed by atoms with E-state index in [1.165, 1.54) is 12.8 Å². The molecule has 3 aliphatic carbocycles. The van der Waals surface area contributed by atoms with Gasteiger partial charge in [-0.3, -0.25) is 0 Å². The standard InChI is InChI=1S/C22H40N2Si/c1-14-19(24(6)7)15-12-17-18(13-16(15)20(14)25(8,9)23)22(4,5)11-10-21(17,2)3/h12-16,19-20H,10-11,23H2,1-9H3. The second kappa shape index (κ2) is 5.81. The molecule has 0 spiro atoms. The van der Waals surface area contributed by atoms with Gasteiger partial charge in [-0.2, -0.15) is 0 Å². The molecule has 0 radical (unpaired) electrons. The minimum atomic E-state index is -1.72. The first-order chi connectivity index (χ1) is 11.3. The summed E-state index contributed by atoms with van der Waals surface area (Å²) >= 11 is 0. The smallest absolute Gasteiger partial charge is 0.120 e. The van der Waals surface area contributed by atoms with Crippen molar-refractivity contribution in [2.24, 2.45) is 34.0 Å². The average molecular weight is 361 g/mol. The number of hydrogen-bond donors (Lipinski definition) is 1. The van der Waals surface area contributed by atoms with Gasteiger partial charge in [-0.25, -0.2) is 0 Å². The van der Waals surface area contributed by atoms with Crippen LogP contribution in [0.3, 0.4) is 0 Å². The van der Waals surface area contributed by atoms with E-state index >= 15 is 0 Å². The van der Waals surface area contributed by atoms with Crippen LogP contribution in [0.15, 0.2) is 23.3 Å². The highest BCUT2D eigenvalue weighted by Gasteiger charge is 2.55. The maximum atomic E-state index is 6.86. The predicted molar refractivity (Wildman–Crippen MR) is 112 cm³/mol. The fraction of sp³-hybridized carbons (Fsp3) is 0.818. The summed E-state index contributed by atoms with van der Waals surface area (Å²) in [6.07, 6.45) is 7.99. The lowest BCUT2D eigenvalue weighted by atomic mass is 9.58. The second-order valence-corrected chi connectivity index (χ2v) is 15.6. The molecule has 0 saturated heterocycles. The molecule has 0 heterocycles. The maximum Gasteiger partial charge on any atom is 0.120 e. The van der Waals surface area contributed by atoms with Crippen LogP contribution in [-0.2, 0) is 0 Å². The third-order valence-corrected chi connectivity index (χ3v) is 10.3. The molecule has 0 aliphatic heterocycles. The van der Waals surface area contributed by atoms with Crippen molar-refractivity contribution >= 4 is 8.24 Å². The van der Waals surface area contributed by atoms with E-state index in [9.17, 15) is 0 Å². The lowest BCUT2D eigenvalue weighted by Crippen LogP contribution is -2.48. The molecule has 2 fully saturated rings. The highest BCUT2D eigenvalue weighted by atomic mass is 28.3. The molecule has 142 valence electrons. The van der Waals surface area contributed by atoms with Crippen molar-refractivity contribution in [2.75, 3.05) is 14.1 Å². The third kappa shape index (κ3) is 3.00. The van der Waals surface area contributed by atoms with Crippen molar-refractivity contribution in [2.45, 2.75) is 72.1 Å². The number of nitrogens with zero attached hydrogens (tertiary/aromatic N) is 1. The molecule has 0 amide bonds. The van der Waals surface area contributed by atoms with Gasteiger partial charge < -0.3 is 10.3 Å². The maximum absolute atomic E-state index is 6.86. The Balaban J connectivity index is 2.15. The Kier molecular flexibility index (Phi) is 4.50. The fourth-order valence-electron chi connectivity index (χ4n) is 6.43. The number of nitrogens with two attached hydrogens (primary N) is 1. The SMILES string of the molecule is CC1C(N(C)C)C2C=C3C(=CC2C1[Si](C)(C)N)C(C)(C)CCC3(C)C. The van der Waals surface area contributed by atoms with Gasteiger partial charge in [0.2, 0.25) is 0 Å². The Labute approximate surface area is 157 Å². The summed E-state index contributed by atoms with van der Waals surface area (Å²) in [7, 11) is 2.80. The van der Waals surface area contributed by atoms with E-state index in [2.05, 4.69) is 78.9 Å². The largest absolute Gasteiger partial charge is 0.351 e. The Bertz CT molecular complexity index is 606. The monoisotopic (exact) mass is 360 g/mol. The summed E-state index contributed by atoms with van der Waals surface area (Å²) in [6.45, 7) is 17.0. The van der Waals surface area contributed by atoms with Gasteiger partial charge in [0.05, 0.1) is 0 Å². The number of rotatable bonds is 2. The van der Waals surface area contributed by atoms with Crippen LogP contribution >= 0.6 is 0 Å². The van der Waals surface area contributed by atoms with Gasteiger partial charge in [0.25, 0.3) is 0 Å². The van der Waals surface area contributed by atoms with Crippen LogP contribution in [0.2, 0.25) is 18.6 Å². The molecule has 5 atom stereocenters. The molecule has 0 bridgehead atoms. The molecular weight excluding hydrogens is 320 g/mol. The quantitative estimate of drug-likeness (QED) is 0.699. The Morgan fingerprint density at radius 3 is 1.80 bits per heavy atom. The van der Waals surface area contributed by atoms with Crippen molar-refractivity contribution in [1.82, 2.24) is 4.90 Å². The summed E-state index contributed by atoms with van der Waals surface area (Å²) < 4.78 is 0. The van der Waals surface area contributed by atoms with E-state index in [4.69, 9.17) is 5.40 Å². The van der Waals surface area contributed by atoms with Crippen molar-refractivity contribution in [3.05, 3.63) is 23.3 Å². The van der Waals surface area contributed by atoms with Crippen LogP contribution in [0, 0.1) is 28.6 Å². The first-order valence-corrected chi connectivity index (χ1v) is 13.3. The van der Waals surface area contributed by atoms with Crippen molar-refractivity contribution in [3.63, 3.8) is 0 Å². The zero-order valence-corrected chi connectivity index (χ0v) is 19.0. The molecule has 3 heteroatoms. The molecule has 0 aromatic rings. The van der Waals surface area contributed by atoms with Crippen LogP contribution in [0.1, 0.15) is 47.5 Å². The van der Waals surface area contributed by atoms with E-state index in [1.54, 1.807) is 11.1 Å². The Morgan fingerprint density at radius 1 is 0.960 bits per heavy atom. The molecule has 0 aromatic carbocycles. The molecule has 0 aromatic heterocycles. The molecule has 3 aliphatic rings. The van der Waals surface area contributed by atoms with Crippen LogP contribution in [-0.4, -0.2) is 33.3 Å². The first kappa shape index (κ1) is 19.4. The second-order valence-electron chi connectivity index (χ2n) is 11.2. The molecule has 5 unspecified atom stereocenters. The zero-order chi connectivity index (χ0) is 18.9. The van der Waals surface area contributed by atoms with E-state index in [-0.39, 0.29) is 0 Å². The summed E-state index contributed by atoms with van der Waals surface area (Å²) in [5.41, 5.74) is 4.55. The van der Waals surface area contributed by atoms with Crippen LogP contribution in [0.25, 0.3) is 0 Å². The molecule has 2 nitrogen and oxygen atoms in total. The van der Waals surface area contributed by atoms with E-state index in [1.807, 2.05) is 0 Å². The van der Waals surface area contributed by atoms with Gasteiger partial charge in [-0.15, -0.1) is 0 Å². The van der Waals surface area contributed by atoms with Gasteiger partial charge in [0.15, 0.2) is 0 Å². The minimum Gasteiger partial charge on any atom is -0.351 e. The number of fused-ring (bicyclic) bond motifs is 2. The van der Waals surface area contributed by atoms with Crippen molar-refractivity contribution in [3.8, 4) is 0 Å². The molecule has 2 N–H and O–H groups in total. The lowest BCUT2D eigenvalue weighted by Gasteiger charge is -2.48. The highest BCUT2D eigenvalue weighted by Crippen LogP contribution is 2.60. The topological polar surface area (TPSA) is 29.3 Å². The average Bonchev–Trinajstić information content (AvgIpc) is 2.73. The van der Waals surface area contributed by atoms with Gasteiger partial charge >= 0.3 is 0 Å². The molecule has 3 rings (SSSR count). The summed E-state index contributed by atoms with van der Waals surface area (Å²) in [6, 6.07) is 0.608. The minimum absolute atomic E-state index is 0.302. The Morgan fingerprint density at radius 2 is 1.40 bits per heavy atom. The van der Waals surface area contributed by atoms with Gasteiger partial charge in [0, 0.05) is 6.04 Å². The fourth-order valence-corrected chi connectivity index (χ4v) is 9.30. The van der Waals surface area contributed by atoms with Crippen molar-refractivity contribution < 1.29 is 0 Å². The summed E-state index contributed by atoms with van der Waals surface area (Å²) in [5.74, 6) is 1.91. The summed E-state index contributed by atoms with van der Waals surface area (Å²) in [5, 5.41) is 6.86. The van der Waals surface area contributed by atoms with Gasteiger partial charge in [0.1, 0.15) is 8.24 Å². The number of allylic oxidation sites excluding steroid dienone is 3. The molecule has 25 heavy (non-hydrogen) atoms. The molecular formula is C22H40N2Si. The number of hydrogen-bond acceptors (Lipinski definition) is 2. The molecule has 2 saturated carbocycles. The van der Waals surface area contributed by atoms with Crippen LogP contribution in [0.5, 0.6) is 0 Å². The van der Waals surface area contributed by atoms with E-state index < -0.39 is 8.24 Å². The highest BCUT2D eigenvalue weighted by molar-refractivity contribution is 6.75. The lowest BCUT2D eigenvalue weighted by molar-refractivity contribution is 0.205. The van der Waals surface area contributed by atoms with Crippen molar-refractivity contribution in [1.29, 1.82) is 0 Å². The Hall–Kier alpha value is -0.383. The van der Waals surface area contributed by atoms with Crippen LogP contribution in [0.4, 0.5) is 0 Å². The first-order valence-electron chi connectivity index (χ1n) is 10.2. The predicted octanol–water partition coefficient (Wildman–Crippen LogP) is 5.05. The van der Waals surface area contributed by atoms with E-state index in [0.29, 0.717) is 40.2 Å². The van der Waals surface area contributed by atoms with Crippen LogP contribution < -0.4 is 5.40 Å².